The van der Waals surface area contributed by atoms with Gasteiger partial charge in [-0.05, 0) is 53.8 Å². The fraction of sp³-hybridized carbons (Fsp3) is 0.500. The van der Waals surface area contributed by atoms with Crippen LogP contribution in [0.2, 0.25) is 0 Å². The second-order valence-corrected chi connectivity index (χ2v) is 10.2. The lowest BCUT2D eigenvalue weighted by Crippen LogP contribution is -2.50. The molecule has 0 aliphatic carbocycles. The van der Waals surface area contributed by atoms with Crippen LogP contribution in [0, 0.1) is 11.6 Å². The number of hydrogen-bond acceptors (Lipinski definition) is 7. The molecule has 0 fully saturated rings. The first-order valence-electron chi connectivity index (χ1n) is 12.9. The summed E-state index contributed by atoms with van der Waals surface area (Å²) in [5.74, 6) is -0.931. The molecule has 2 aromatic carbocycles. The maximum atomic E-state index is 13.7. The van der Waals surface area contributed by atoms with E-state index in [9.17, 15) is 18.4 Å². The second-order valence-electron chi connectivity index (χ2n) is 9.04. The van der Waals surface area contributed by atoms with Crippen molar-refractivity contribution in [2.24, 2.45) is 5.73 Å². The largest absolute Gasteiger partial charge is 0.458 e. The van der Waals surface area contributed by atoms with Crippen molar-refractivity contribution in [2.75, 3.05) is 25.2 Å². The summed E-state index contributed by atoms with van der Waals surface area (Å²) in [4.78, 5) is 25.0. The molecule has 2 rings (SSSR count). The van der Waals surface area contributed by atoms with Gasteiger partial charge in [0.1, 0.15) is 23.8 Å². The number of esters is 1. The molecule has 0 saturated heterocycles. The summed E-state index contributed by atoms with van der Waals surface area (Å²) >= 11 is 1.53. The maximum absolute atomic E-state index is 13.7. The zero-order chi connectivity index (χ0) is 27.9. The van der Waals surface area contributed by atoms with Crippen LogP contribution in [0.1, 0.15) is 43.4 Å². The van der Waals surface area contributed by atoms with E-state index in [0.29, 0.717) is 17.9 Å². The average Bonchev–Trinajstić information content (AvgIpc) is 2.89. The van der Waals surface area contributed by atoms with Gasteiger partial charge in [-0.2, -0.15) is 11.8 Å². The number of carbonyl (C=O) groups is 2. The van der Waals surface area contributed by atoms with Gasteiger partial charge >= 0.3 is 12.1 Å². The molecule has 0 heterocycles. The Hall–Kier alpha value is -2.69. The van der Waals surface area contributed by atoms with Crippen LogP contribution < -0.4 is 16.4 Å². The Morgan fingerprint density at radius 2 is 1.76 bits per heavy atom. The smallest absolute Gasteiger partial charge is 0.407 e. The number of ether oxygens (including phenoxy) is 2. The fourth-order valence-corrected chi connectivity index (χ4v) is 4.89. The van der Waals surface area contributed by atoms with Crippen molar-refractivity contribution in [2.45, 2.75) is 64.3 Å². The number of nitrogens with one attached hydrogen (secondary N) is 2. The highest BCUT2D eigenvalue weighted by Gasteiger charge is 2.29. The number of halogens is 2. The molecule has 4 N–H and O–H groups in total. The molecular weight excluding hydrogens is 512 g/mol. The normalized spacial score (nSPS) is 13.4. The summed E-state index contributed by atoms with van der Waals surface area (Å²) in [7, 11) is 1.22. The SMILES string of the molecule is CCCCSC[C@@H](NC(=O)OC)C(=O)O[C@H](CNCc1cccc(CC)c1)[C@@H](N)Cc1cc(F)cc(F)c1. The monoisotopic (exact) mass is 551 g/mol. The van der Waals surface area contributed by atoms with E-state index in [-0.39, 0.29) is 13.0 Å². The Labute approximate surface area is 228 Å². The van der Waals surface area contributed by atoms with E-state index >= 15 is 0 Å². The number of unbranched alkanes of at least 4 members (excludes halogenated alkanes) is 1. The standard InChI is InChI=1S/C28H39F2N3O4S/c1-4-6-10-38-18-25(33-28(35)36-3)27(34)37-26(17-32-16-20-9-7-8-19(5-2)11-20)24(31)14-21-12-22(29)15-23(30)13-21/h7-9,11-13,15,24-26,32H,4-6,10,14,16-18,31H2,1-3H3,(H,33,35)/t24-,25+,26+/m0/s1. The van der Waals surface area contributed by atoms with Crippen LogP contribution in [0.3, 0.4) is 0 Å². The number of nitrogens with two attached hydrogens (primary N) is 1. The molecule has 7 nitrogen and oxygen atoms in total. The van der Waals surface area contributed by atoms with E-state index in [4.69, 9.17) is 10.5 Å². The molecule has 3 atom stereocenters. The molecule has 0 aromatic heterocycles. The minimum atomic E-state index is -0.938. The van der Waals surface area contributed by atoms with E-state index < -0.39 is 41.9 Å². The van der Waals surface area contributed by atoms with E-state index in [0.717, 1.165) is 36.6 Å². The summed E-state index contributed by atoms with van der Waals surface area (Å²) < 4.78 is 38.0. The van der Waals surface area contributed by atoms with Crippen LogP contribution in [0.5, 0.6) is 0 Å². The molecule has 0 unspecified atom stereocenters. The molecule has 10 heteroatoms. The molecule has 0 aliphatic rings. The zero-order valence-electron chi connectivity index (χ0n) is 22.3. The number of amides is 1. The number of alkyl carbamates (subject to hydrolysis) is 1. The van der Waals surface area contributed by atoms with E-state index in [1.807, 2.05) is 12.1 Å². The quantitative estimate of drug-likeness (QED) is 0.211. The van der Waals surface area contributed by atoms with Crippen molar-refractivity contribution < 1.29 is 27.8 Å². The molecule has 38 heavy (non-hydrogen) atoms. The Balaban J connectivity index is 2.14. The van der Waals surface area contributed by atoms with Gasteiger partial charge in [-0.3, -0.25) is 0 Å². The van der Waals surface area contributed by atoms with Gasteiger partial charge in [0.2, 0.25) is 0 Å². The Morgan fingerprint density at radius 3 is 2.42 bits per heavy atom. The molecule has 0 spiro atoms. The number of hydrogen-bond donors (Lipinski definition) is 3. The minimum Gasteiger partial charge on any atom is -0.458 e. The number of thioether (sulfide) groups is 1. The Bertz CT molecular complexity index is 1010. The first kappa shape index (κ1) is 31.5. The lowest BCUT2D eigenvalue weighted by Gasteiger charge is -2.27. The summed E-state index contributed by atoms with van der Waals surface area (Å²) in [6.07, 6.45) is 1.41. The van der Waals surface area contributed by atoms with Gasteiger partial charge in [-0.1, -0.05) is 44.5 Å². The van der Waals surface area contributed by atoms with Gasteiger partial charge in [0.05, 0.1) is 7.11 Å². The Kier molecular flexibility index (Phi) is 14.1. The van der Waals surface area contributed by atoms with Crippen molar-refractivity contribution in [1.29, 1.82) is 0 Å². The minimum absolute atomic E-state index is 0.0833. The molecule has 0 saturated carbocycles. The number of benzene rings is 2. The topological polar surface area (TPSA) is 103 Å². The average molecular weight is 552 g/mol. The van der Waals surface area contributed by atoms with Gasteiger partial charge < -0.3 is 25.8 Å². The molecule has 0 aliphatic heterocycles. The van der Waals surface area contributed by atoms with Crippen LogP contribution >= 0.6 is 11.8 Å². The number of aryl methyl sites for hydroxylation is 1. The van der Waals surface area contributed by atoms with Crippen molar-refractivity contribution in [3.63, 3.8) is 0 Å². The summed E-state index contributed by atoms with van der Waals surface area (Å²) in [5, 5.41) is 5.81. The van der Waals surface area contributed by atoms with Crippen molar-refractivity contribution in [3.05, 3.63) is 70.8 Å². The lowest BCUT2D eigenvalue weighted by molar-refractivity contribution is -0.151. The van der Waals surface area contributed by atoms with Gasteiger partial charge in [0, 0.05) is 31.0 Å². The first-order valence-corrected chi connectivity index (χ1v) is 14.0. The number of carbonyl (C=O) groups excluding carboxylic acids is 2. The van der Waals surface area contributed by atoms with Gasteiger partial charge in [0.15, 0.2) is 0 Å². The summed E-state index contributed by atoms with van der Waals surface area (Å²) in [6.45, 7) is 4.87. The lowest BCUT2D eigenvalue weighted by atomic mass is 10.0. The molecular formula is C28H39F2N3O4S. The zero-order valence-corrected chi connectivity index (χ0v) is 23.1. The van der Waals surface area contributed by atoms with Crippen LogP contribution in [0.25, 0.3) is 0 Å². The maximum Gasteiger partial charge on any atom is 0.407 e. The van der Waals surface area contributed by atoms with Gasteiger partial charge in [-0.25, -0.2) is 18.4 Å². The summed E-state index contributed by atoms with van der Waals surface area (Å²) in [6, 6.07) is 9.62. The molecule has 210 valence electrons. The van der Waals surface area contributed by atoms with Crippen molar-refractivity contribution in [1.82, 2.24) is 10.6 Å². The Morgan fingerprint density at radius 1 is 1.05 bits per heavy atom. The van der Waals surface area contributed by atoms with E-state index in [1.165, 1.54) is 36.6 Å². The van der Waals surface area contributed by atoms with Crippen LogP contribution in [-0.4, -0.2) is 55.4 Å². The third kappa shape index (κ3) is 11.4. The van der Waals surface area contributed by atoms with Gasteiger partial charge in [0.25, 0.3) is 0 Å². The molecule has 1 amide bonds. The first-order chi connectivity index (χ1) is 18.2. The highest BCUT2D eigenvalue weighted by Crippen LogP contribution is 2.14. The third-order valence-corrected chi connectivity index (χ3v) is 7.05. The van der Waals surface area contributed by atoms with Crippen molar-refractivity contribution in [3.8, 4) is 0 Å². The summed E-state index contributed by atoms with van der Waals surface area (Å²) in [5.41, 5.74) is 9.03. The highest BCUT2D eigenvalue weighted by molar-refractivity contribution is 7.99. The van der Waals surface area contributed by atoms with E-state index in [1.54, 1.807) is 0 Å². The number of methoxy groups -OCH3 is 1. The predicted molar refractivity (Wildman–Crippen MR) is 147 cm³/mol. The fourth-order valence-electron chi connectivity index (χ4n) is 3.78. The van der Waals surface area contributed by atoms with E-state index in [2.05, 4.69) is 41.4 Å². The molecule has 0 bridgehead atoms. The van der Waals surface area contributed by atoms with Crippen molar-refractivity contribution >= 4 is 23.8 Å². The van der Waals surface area contributed by atoms with Crippen LogP contribution in [-0.2, 0) is 33.7 Å². The van der Waals surface area contributed by atoms with Gasteiger partial charge in [-0.15, -0.1) is 0 Å². The molecule has 2 aromatic rings. The number of rotatable bonds is 16. The second kappa shape index (κ2) is 17.0. The third-order valence-electron chi connectivity index (χ3n) is 5.90. The molecule has 0 radical (unpaired) electrons. The van der Waals surface area contributed by atoms with Crippen LogP contribution in [0.4, 0.5) is 13.6 Å². The van der Waals surface area contributed by atoms with Crippen LogP contribution in [0.15, 0.2) is 42.5 Å². The highest BCUT2D eigenvalue weighted by atomic mass is 32.2. The predicted octanol–water partition coefficient (Wildman–Crippen LogP) is 4.36.